The summed E-state index contributed by atoms with van der Waals surface area (Å²) in [7, 11) is 0. The van der Waals surface area contributed by atoms with Gasteiger partial charge in [0.1, 0.15) is 0 Å². The topological polar surface area (TPSA) is 21.3 Å². The Morgan fingerprint density at radius 2 is 2.00 bits per heavy atom. The van der Waals surface area contributed by atoms with Crippen molar-refractivity contribution in [3.8, 4) is 0 Å². The van der Waals surface area contributed by atoms with Crippen molar-refractivity contribution >= 4 is 0 Å². The van der Waals surface area contributed by atoms with E-state index >= 15 is 0 Å². The standard InChI is InChI=1S/C12H25NO/c1-5-12(3,4)14-11-9-7-8-10(11)13-6-2/h10-11,13H,5-9H2,1-4H3. The summed E-state index contributed by atoms with van der Waals surface area (Å²) in [6, 6.07) is 0.589. The summed E-state index contributed by atoms with van der Waals surface area (Å²) in [5.41, 5.74) is 0.0443. The maximum absolute atomic E-state index is 6.15. The first-order chi connectivity index (χ1) is 6.59. The van der Waals surface area contributed by atoms with Gasteiger partial charge in [0.05, 0.1) is 11.7 Å². The second-order valence-electron chi connectivity index (χ2n) is 4.86. The summed E-state index contributed by atoms with van der Waals surface area (Å²) < 4.78 is 6.15. The maximum atomic E-state index is 6.15. The Bertz CT molecular complexity index is 168. The molecule has 84 valence electrons. The Labute approximate surface area is 88.4 Å². The zero-order valence-corrected chi connectivity index (χ0v) is 10.1. The van der Waals surface area contributed by atoms with Crippen LogP contribution in [0.3, 0.4) is 0 Å². The molecule has 1 fully saturated rings. The molecule has 2 heteroatoms. The molecule has 1 saturated carbocycles. The number of rotatable bonds is 5. The maximum Gasteiger partial charge on any atom is 0.0735 e. The predicted molar refractivity (Wildman–Crippen MR) is 60.6 cm³/mol. The first-order valence-electron chi connectivity index (χ1n) is 6.00. The average molecular weight is 199 g/mol. The van der Waals surface area contributed by atoms with Crippen LogP contribution in [0.2, 0.25) is 0 Å². The van der Waals surface area contributed by atoms with Gasteiger partial charge in [0.2, 0.25) is 0 Å². The van der Waals surface area contributed by atoms with E-state index in [4.69, 9.17) is 4.74 Å². The van der Waals surface area contributed by atoms with Crippen LogP contribution in [0, 0.1) is 0 Å². The third-order valence-corrected chi connectivity index (χ3v) is 3.24. The Morgan fingerprint density at radius 1 is 1.29 bits per heavy atom. The molecule has 2 unspecified atom stereocenters. The quantitative estimate of drug-likeness (QED) is 0.735. The van der Waals surface area contributed by atoms with Crippen molar-refractivity contribution in [3.63, 3.8) is 0 Å². The van der Waals surface area contributed by atoms with Gasteiger partial charge in [-0.3, -0.25) is 0 Å². The highest BCUT2D eigenvalue weighted by Gasteiger charge is 2.31. The average Bonchev–Trinajstić information content (AvgIpc) is 2.53. The molecule has 0 aromatic carbocycles. The number of nitrogens with one attached hydrogen (secondary N) is 1. The summed E-state index contributed by atoms with van der Waals surface area (Å²) in [5.74, 6) is 0. The third-order valence-electron chi connectivity index (χ3n) is 3.24. The van der Waals surface area contributed by atoms with Crippen LogP contribution in [0.25, 0.3) is 0 Å². The van der Waals surface area contributed by atoms with E-state index in [1.807, 2.05) is 0 Å². The molecule has 0 spiro atoms. The van der Waals surface area contributed by atoms with Gasteiger partial charge in [-0.1, -0.05) is 13.8 Å². The van der Waals surface area contributed by atoms with E-state index in [2.05, 4.69) is 33.0 Å². The highest BCUT2D eigenvalue weighted by molar-refractivity contribution is 4.86. The molecular weight excluding hydrogens is 174 g/mol. The van der Waals surface area contributed by atoms with Crippen LogP contribution >= 0.6 is 0 Å². The Hall–Kier alpha value is -0.0800. The van der Waals surface area contributed by atoms with E-state index in [-0.39, 0.29) is 5.60 Å². The zero-order valence-electron chi connectivity index (χ0n) is 10.1. The summed E-state index contributed by atoms with van der Waals surface area (Å²) in [6.07, 6.45) is 5.33. The lowest BCUT2D eigenvalue weighted by atomic mass is 10.1. The van der Waals surface area contributed by atoms with Crippen molar-refractivity contribution in [2.24, 2.45) is 0 Å². The van der Waals surface area contributed by atoms with Gasteiger partial charge in [-0.2, -0.15) is 0 Å². The first-order valence-corrected chi connectivity index (χ1v) is 6.00. The minimum atomic E-state index is 0.0443. The molecule has 1 rings (SSSR count). The van der Waals surface area contributed by atoms with Crippen molar-refractivity contribution in [3.05, 3.63) is 0 Å². The van der Waals surface area contributed by atoms with Crippen LogP contribution in [0.1, 0.15) is 53.4 Å². The van der Waals surface area contributed by atoms with Crippen LogP contribution in [0.5, 0.6) is 0 Å². The highest BCUT2D eigenvalue weighted by Crippen LogP contribution is 2.27. The number of likely N-dealkylation sites (N-methyl/N-ethyl adjacent to an activating group) is 1. The summed E-state index contributed by atoms with van der Waals surface area (Å²) in [4.78, 5) is 0. The number of hydrogen-bond acceptors (Lipinski definition) is 2. The third kappa shape index (κ3) is 3.25. The molecule has 1 aliphatic carbocycles. The highest BCUT2D eigenvalue weighted by atomic mass is 16.5. The monoisotopic (exact) mass is 199 g/mol. The number of ether oxygens (including phenoxy) is 1. The Balaban J connectivity index is 2.42. The minimum absolute atomic E-state index is 0.0443. The van der Waals surface area contributed by atoms with Crippen LogP contribution in [-0.2, 0) is 4.74 Å². The fraction of sp³-hybridized carbons (Fsp3) is 1.00. The lowest BCUT2D eigenvalue weighted by Gasteiger charge is -2.31. The van der Waals surface area contributed by atoms with E-state index < -0.39 is 0 Å². The molecule has 2 nitrogen and oxygen atoms in total. The van der Waals surface area contributed by atoms with E-state index in [0.29, 0.717) is 12.1 Å². The van der Waals surface area contributed by atoms with Crippen LogP contribution in [0.15, 0.2) is 0 Å². The van der Waals surface area contributed by atoms with Crippen molar-refractivity contribution in [2.45, 2.75) is 71.1 Å². The second-order valence-corrected chi connectivity index (χ2v) is 4.86. The van der Waals surface area contributed by atoms with Crippen LogP contribution in [-0.4, -0.2) is 24.3 Å². The molecular formula is C12H25NO. The van der Waals surface area contributed by atoms with Gasteiger partial charge in [0.15, 0.2) is 0 Å². The van der Waals surface area contributed by atoms with Crippen molar-refractivity contribution in [1.29, 1.82) is 0 Å². The van der Waals surface area contributed by atoms with Gasteiger partial charge >= 0.3 is 0 Å². The Kier molecular flexibility index (Phi) is 4.39. The largest absolute Gasteiger partial charge is 0.371 e. The summed E-state index contributed by atoms with van der Waals surface area (Å²) in [6.45, 7) is 9.79. The van der Waals surface area contributed by atoms with Gasteiger partial charge in [0, 0.05) is 6.04 Å². The smallest absolute Gasteiger partial charge is 0.0735 e. The summed E-state index contributed by atoms with van der Waals surface area (Å²) in [5, 5.41) is 3.52. The van der Waals surface area contributed by atoms with E-state index in [1.54, 1.807) is 0 Å². The van der Waals surface area contributed by atoms with Gasteiger partial charge in [-0.05, 0) is 46.1 Å². The van der Waals surface area contributed by atoms with Crippen molar-refractivity contribution in [2.75, 3.05) is 6.54 Å². The minimum Gasteiger partial charge on any atom is -0.371 e. The second kappa shape index (κ2) is 5.13. The van der Waals surface area contributed by atoms with Crippen LogP contribution < -0.4 is 5.32 Å². The van der Waals surface area contributed by atoms with Crippen molar-refractivity contribution in [1.82, 2.24) is 5.32 Å². The van der Waals surface area contributed by atoms with Crippen molar-refractivity contribution < 1.29 is 4.74 Å². The number of hydrogen-bond donors (Lipinski definition) is 1. The summed E-state index contributed by atoms with van der Waals surface area (Å²) >= 11 is 0. The fourth-order valence-electron chi connectivity index (χ4n) is 2.06. The molecule has 2 atom stereocenters. The van der Waals surface area contributed by atoms with E-state index in [1.165, 1.54) is 19.3 Å². The molecule has 1 aliphatic rings. The van der Waals surface area contributed by atoms with E-state index in [0.717, 1.165) is 13.0 Å². The lowest BCUT2D eigenvalue weighted by Crippen LogP contribution is -2.41. The first kappa shape index (κ1) is 12.0. The molecule has 0 bridgehead atoms. The normalized spacial score (nSPS) is 28.3. The molecule has 0 aromatic rings. The fourth-order valence-corrected chi connectivity index (χ4v) is 2.06. The van der Waals surface area contributed by atoms with Gasteiger partial charge in [-0.15, -0.1) is 0 Å². The SMILES string of the molecule is CCNC1CCCC1OC(C)(C)CC. The zero-order chi connectivity index (χ0) is 10.6. The van der Waals surface area contributed by atoms with Gasteiger partial charge in [-0.25, -0.2) is 0 Å². The molecule has 0 amide bonds. The molecule has 0 aliphatic heterocycles. The van der Waals surface area contributed by atoms with Gasteiger partial charge in [0.25, 0.3) is 0 Å². The molecule has 0 radical (unpaired) electrons. The molecule has 1 N–H and O–H groups in total. The molecule has 0 aromatic heterocycles. The Morgan fingerprint density at radius 3 is 2.57 bits per heavy atom. The van der Waals surface area contributed by atoms with Crippen LogP contribution in [0.4, 0.5) is 0 Å². The molecule has 0 saturated heterocycles. The van der Waals surface area contributed by atoms with E-state index in [9.17, 15) is 0 Å². The lowest BCUT2D eigenvalue weighted by molar-refractivity contribution is -0.0793. The molecule has 14 heavy (non-hydrogen) atoms. The van der Waals surface area contributed by atoms with Gasteiger partial charge < -0.3 is 10.1 Å². The molecule has 0 heterocycles. The predicted octanol–water partition coefficient (Wildman–Crippen LogP) is 2.72.